The van der Waals surface area contributed by atoms with E-state index in [1.807, 2.05) is 12.3 Å². The molecule has 0 saturated heterocycles. The molecule has 0 aliphatic carbocycles. The smallest absolute Gasteiger partial charge is 0.263 e. The minimum Gasteiger partial charge on any atom is -0.384 e. The van der Waals surface area contributed by atoms with Crippen molar-refractivity contribution in [2.24, 2.45) is 0 Å². The summed E-state index contributed by atoms with van der Waals surface area (Å²) in [5, 5.41) is 2.61. The van der Waals surface area contributed by atoms with Crippen LogP contribution in [0.1, 0.15) is 18.2 Å². The van der Waals surface area contributed by atoms with E-state index in [1.54, 1.807) is 25.3 Å². The summed E-state index contributed by atoms with van der Waals surface area (Å²) < 4.78 is 32.6. The van der Waals surface area contributed by atoms with Gasteiger partial charge in [-0.1, -0.05) is 24.6 Å². The van der Waals surface area contributed by atoms with Crippen molar-refractivity contribution < 1.29 is 13.2 Å². The average Bonchev–Trinajstić information content (AvgIpc) is 2.91. The molecule has 1 aromatic carbocycles. The van der Waals surface area contributed by atoms with Crippen molar-refractivity contribution in [3.8, 4) is 0 Å². The molecule has 0 fully saturated rings. The largest absolute Gasteiger partial charge is 0.384 e. The predicted molar refractivity (Wildman–Crippen MR) is 89.3 cm³/mol. The van der Waals surface area contributed by atoms with E-state index in [0.29, 0.717) is 35.2 Å². The molecule has 1 aromatic heterocycles. The zero-order chi connectivity index (χ0) is 16.2. The fraction of sp³-hybridized carbons (Fsp3) is 0.357. The van der Waals surface area contributed by atoms with Gasteiger partial charge in [0, 0.05) is 23.9 Å². The number of aromatic nitrogens is 1. The van der Waals surface area contributed by atoms with Gasteiger partial charge in [0.15, 0.2) is 5.13 Å². The first kappa shape index (κ1) is 17.2. The molecular formula is C14H17ClN2O3S2. The van der Waals surface area contributed by atoms with Crippen LogP contribution in [0.15, 0.2) is 28.5 Å². The quantitative estimate of drug-likeness (QED) is 0.822. The topological polar surface area (TPSA) is 68.3 Å². The first-order chi connectivity index (χ1) is 10.5. The number of ether oxygens (including phenoxy) is 1. The summed E-state index contributed by atoms with van der Waals surface area (Å²) in [5.74, 6) is 0. The van der Waals surface area contributed by atoms with Crippen molar-refractivity contribution >= 4 is 38.1 Å². The Morgan fingerprint density at radius 3 is 2.86 bits per heavy atom. The standard InChI is InChI=1S/C14H17ClN2O3S2/c1-3-11-12(15)5-4-6-13(11)22(18,19)17-14-16-10(9-21-14)7-8-20-2/h4-6,9H,3,7-8H2,1-2H3,(H,16,17). The molecule has 120 valence electrons. The van der Waals surface area contributed by atoms with Crippen molar-refractivity contribution in [2.75, 3.05) is 18.4 Å². The van der Waals surface area contributed by atoms with Gasteiger partial charge < -0.3 is 4.74 Å². The Kier molecular flexibility index (Phi) is 5.80. The summed E-state index contributed by atoms with van der Waals surface area (Å²) in [6.07, 6.45) is 1.18. The third-order valence-corrected chi connectivity index (χ3v) is 5.77. The summed E-state index contributed by atoms with van der Waals surface area (Å²) >= 11 is 7.33. The van der Waals surface area contributed by atoms with E-state index in [0.717, 1.165) is 5.69 Å². The Morgan fingerprint density at radius 1 is 1.41 bits per heavy atom. The van der Waals surface area contributed by atoms with E-state index in [4.69, 9.17) is 16.3 Å². The van der Waals surface area contributed by atoms with Crippen LogP contribution in [0.4, 0.5) is 5.13 Å². The number of rotatable bonds is 7. The molecule has 0 aliphatic heterocycles. The number of nitrogens with one attached hydrogen (secondary N) is 1. The lowest BCUT2D eigenvalue weighted by molar-refractivity contribution is 0.201. The second kappa shape index (κ2) is 7.41. The minimum atomic E-state index is -3.70. The molecule has 22 heavy (non-hydrogen) atoms. The highest BCUT2D eigenvalue weighted by Gasteiger charge is 2.20. The molecule has 0 radical (unpaired) electrons. The molecule has 2 rings (SSSR count). The van der Waals surface area contributed by atoms with Crippen LogP contribution in [0, 0.1) is 0 Å². The first-order valence-electron chi connectivity index (χ1n) is 6.71. The summed E-state index contributed by atoms with van der Waals surface area (Å²) in [4.78, 5) is 4.44. The van der Waals surface area contributed by atoms with Crippen LogP contribution in [-0.4, -0.2) is 27.1 Å². The lowest BCUT2D eigenvalue weighted by Gasteiger charge is -2.10. The molecule has 0 spiro atoms. The normalized spacial score (nSPS) is 11.6. The average molecular weight is 361 g/mol. The van der Waals surface area contributed by atoms with Gasteiger partial charge in [-0.15, -0.1) is 11.3 Å². The summed E-state index contributed by atoms with van der Waals surface area (Å²) in [6, 6.07) is 4.86. The number of thiazole rings is 1. The summed E-state index contributed by atoms with van der Waals surface area (Å²) in [7, 11) is -2.09. The number of nitrogens with zero attached hydrogens (tertiary/aromatic N) is 1. The van der Waals surface area contributed by atoms with E-state index < -0.39 is 10.0 Å². The van der Waals surface area contributed by atoms with E-state index >= 15 is 0 Å². The lowest BCUT2D eigenvalue weighted by atomic mass is 10.2. The molecule has 1 heterocycles. The van der Waals surface area contributed by atoms with Crippen molar-refractivity contribution in [1.29, 1.82) is 0 Å². The van der Waals surface area contributed by atoms with Crippen LogP contribution in [0.2, 0.25) is 5.02 Å². The van der Waals surface area contributed by atoms with Crippen molar-refractivity contribution in [3.05, 3.63) is 39.9 Å². The van der Waals surface area contributed by atoms with E-state index in [1.165, 1.54) is 11.3 Å². The molecule has 0 bridgehead atoms. The SMILES string of the molecule is CCc1c(Cl)cccc1S(=O)(=O)Nc1nc(CCOC)cs1. The third kappa shape index (κ3) is 3.98. The lowest BCUT2D eigenvalue weighted by Crippen LogP contribution is -2.15. The molecule has 1 N–H and O–H groups in total. The highest BCUT2D eigenvalue weighted by molar-refractivity contribution is 7.93. The number of methoxy groups -OCH3 is 1. The van der Waals surface area contributed by atoms with Gasteiger partial charge in [0.1, 0.15) is 0 Å². The zero-order valence-corrected chi connectivity index (χ0v) is 14.7. The number of sulfonamides is 1. The van der Waals surface area contributed by atoms with Crippen LogP contribution in [-0.2, 0) is 27.6 Å². The maximum Gasteiger partial charge on any atom is 0.263 e. The molecule has 0 aliphatic rings. The fourth-order valence-electron chi connectivity index (χ4n) is 1.98. The predicted octanol–water partition coefficient (Wildman–Crippen LogP) is 3.35. The van der Waals surface area contributed by atoms with E-state index in [9.17, 15) is 8.42 Å². The van der Waals surface area contributed by atoms with Crippen molar-refractivity contribution in [1.82, 2.24) is 4.98 Å². The second-order valence-electron chi connectivity index (χ2n) is 4.56. The number of hydrogen-bond donors (Lipinski definition) is 1. The Labute approximate surface area is 139 Å². The summed E-state index contributed by atoms with van der Waals surface area (Å²) in [6.45, 7) is 2.41. The van der Waals surface area contributed by atoms with Crippen LogP contribution in [0.25, 0.3) is 0 Å². The van der Waals surface area contributed by atoms with Gasteiger partial charge >= 0.3 is 0 Å². The molecule has 8 heteroatoms. The van der Waals surface area contributed by atoms with Gasteiger partial charge in [-0.25, -0.2) is 13.4 Å². The van der Waals surface area contributed by atoms with Gasteiger partial charge in [0.25, 0.3) is 10.0 Å². The van der Waals surface area contributed by atoms with Crippen LogP contribution >= 0.6 is 22.9 Å². The monoisotopic (exact) mass is 360 g/mol. The van der Waals surface area contributed by atoms with Gasteiger partial charge in [-0.2, -0.15) is 0 Å². The van der Waals surface area contributed by atoms with Crippen LogP contribution in [0.3, 0.4) is 0 Å². The molecule has 0 unspecified atom stereocenters. The molecule has 0 atom stereocenters. The molecule has 0 amide bonds. The molecule has 0 saturated carbocycles. The van der Waals surface area contributed by atoms with Gasteiger partial charge in [0.05, 0.1) is 17.2 Å². The van der Waals surface area contributed by atoms with Gasteiger partial charge in [-0.05, 0) is 24.1 Å². The fourth-order valence-corrected chi connectivity index (χ4v) is 4.67. The minimum absolute atomic E-state index is 0.191. The number of anilines is 1. The first-order valence-corrected chi connectivity index (χ1v) is 9.45. The Balaban J connectivity index is 2.25. The highest BCUT2D eigenvalue weighted by Crippen LogP contribution is 2.27. The van der Waals surface area contributed by atoms with E-state index in [-0.39, 0.29) is 4.90 Å². The summed E-state index contributed by atoms with van der Waals surface area (Å²) in [5.41, 5.74) is 1.40. The maximum atomic E-state index is 12.5. The second-order valence-corrected chi connectivity index (χ2v) is 7.48. The Hall–Kier alpha value is -1.15. The molecular weight excluding hydrogens is 344 g/mol. The number of hydrogen-bond acceptors (Lipinski definition) is 5. The van der Waals surface area contributed by atoms with Crippen LogP contribution < -0.4 is 4.72 Å². The maximum absolute atomic E-state index is 12.5. The zero-order valence-electron chi connectivity index (χ0n) is 12.3. The molecule has 2 aromatic rings. The highest BCUT2D eigenvalue weighted by atomic mass is 35.5. The van der Waals surface area contributed by atoms with E-state index in [2.05, 4.69) is 9.71 Å². The molecule has 5 nitrogen and oxygen atoms in total. The van der Waals surface area contributed by atoms with Gasteiger partial charge in [0.2, 0.25) is 0 Å². The number of benzene rings is 1. The van der Waals surface area contributed by atoms with Crippen molar-refractivity contribution in [2.45, 2.75) is 24.7 Å². The Morgan fingerprint density at radius 2 is 2.18 bits per heavy atom. The van der Waals surface area contributed by atoms with Crippen molar-refractivity contribution in [3.63, 3.8) is 0 Å². The van der Waals surface area contributed by atoms with Crippen LogP contribution in [0.5, 0.6) is 0 Å². The Bertz CT molecular complexity index is 744. The van der Waals surface area contributed by atoms with Gasteiger partial charge in [-0.3, -0.25) is 4.72 Å². The third-order valence-electron chi connectivity index (χ3n) is 3.05. The number of halogens is 1.